The van der Waals surface area contributed by atoms with Crippen LogP contribution < -0.4 is 5.32 Å². The van der Waals surface area contributed by atoms with Crippen molar-refractivity contribution >= 4 is 11.8 Å². The molecule has 6 nitrogen and oxygen atoms in total. The summed E-state index contributed by atoms with van der Waals surface area (Å²) in [5.74, 6) is -0.152. The minimum absolute atomic E-state index is 0.0117. The number of amides is 2. The second kappa shape index (κ2) is 8.24. The zero-order valence-electron chi connectivity index (χ0n) is 14.1. The molecule has 3 rings (SSSR count). The van der Waals surface area contributed by atoms with Crippen LogP contribution in [0.25, 0.3) is 0 Å². The minimum atomic E-state index is -0.222. The average molecular weight is 330 g/mol. The summed E-state index contributed by atoms with van der Waals surface area (Å²) in [5, 5.41) is 3.01. The molecule has 2 fully saturated rings. The van der Waals surface area contributed by atoms with Crippen molar-refractivity contribution in [3.05, 3.63) is 30.1 Å². The highest BCUT2D eigenvalue weighted by Gasteiger charge is 2.34. The van der Waals surface area contributed by atoms with Crippen LogP contribution >= 0.6 is 0 Å². The van der Waals surface area contributed by atoms with Crippen LogP contribution in [0.1, 0.15) is 31.2 Å². The van der Waals surface area contributed by atoms with E-state index in [1.165, 1.54) is 19.3 Å². The summed E-state index contributed by atoms with van der Waals surface area (Å²) < 4.78 is 0. The van der Waals surface area contributed by atoms with Gasteiger partial charge in [-0.3, -0.25) is 14.6 Å². The van der Waals surface area contributed by atoms with Crippen LogP contribution in [0.15, 0.2) is 24.5 Å². The number of piperidine rings is 1. The first-order valence-corrected chi connectivity index (χ1v) is 8.89. The van der Waals surface area contributed by atoms with Gasteiger partial charge in [-0.2, -0.15) is 0 Å². The maximum absolute atomic E-state index is 12.3. The van der Waals surface area contributed by atoms with E-state index in [0.29, 0.717) is 26.1 Å². The zero-order valence-corrected chi connectivity index (χ0v) is 14.1. The van der Waals surface area contributed by atoms with Gasteiger partial charge in [0.1, 0.15) is 0 Å². The smallest absolute Gasteiger partial charge is 0.225 e. The lowest BCUT2D eigenvalue weighted by Gasteiger charge is -2.26. The molecule has 2 amide bonds. The largest absolute Gasteiger partial charge is 0.355 e. The lowest BCUT2D eigenvalue weighted by atomic mass is 10.1. The fourth-order valence-electron chi connectivity index (χ4n) is 3.47. The number of nitrogens with one attached hydrogen (secondary N) is 1. The standard InChI is InChI=1S/C18H26N4O2/c23-17-12-16(14-22(17)13-15-4-6-19-7-5-15)18(24)20-8-11-21-9-2-1-3-10-21/h4-7,16H,1-3,8-14H2,(H,20,24). The van der Waals surface area contributed by atoms with Crippen molar-refractivity contribution in [1.29, 1.82) is 0 Å². The summed E-state index contributed by atoms with van der Waals surface area (Å²) in [6.07, 6.45) is 7.60. The molecule has 0 aromatic carbocycles. The van der Waals surface area contributed by atoms with E-state index >= 15 is 0 Å². The van der Waals surface area contributed by atoms with E-state index in [1.54, 1.807) is 17.3 Å². The Balaban J connectivity index is 1.42. The summed E-state index contributed by atoms with van der Waals surface area (Å²) in [5.41, 5.74) is 1.05. The number of hydrogen-bond donors (Lipinski definition) is 1. The van der Waals surface area contributed by atoms with E-state index in [1.807, 2.05) is 12.1 Å². The molecule has 0 saturated carbocycles. The van der Waals surface area contributed by atoms with Gasteiger partial charge in [0.15, 0.2) is 0 Å². The van der Waals surface area contributed by atoms with Crippen LogP contribution in [-0.4, -0.2) is 59.3 Å². The maximum Gasteiger partial charge on any atom is 0.225 e. The van der Waals surface area contributed by atoms with Gasteiger partial charge >= 0.3 is 0 Å². The second-order valence-electron chi connectivity index (χ2n) is 6.72. The molecule has 2 saturated heterocycles. The minimum Gasteiger partial charge on any atom is -0.355 e. The topological polar surface area (TPSA) is 65.5 Å². The summed E-state index contributed by atoms with van der Waals surface area (Å²) in [6.45, 7) is 4.92. The number of pyridine rings is 1. The summed E-state index contributed by atoms with van der Waals surface area (Å²) in [6, 6.07) is 3.80. The number of likely N-dealkylation sites (tertiary alicyclic amines) is 2. The number of carbonyl (C=O) groups excluding carboxylic acids is 2. The Kier molecular flexibility index (Phi) is 5.80. The van der Waals surface area contributed by atoms with Gasteiger partial charge in [0.05, 0.1) is 5.92 Å². The molecule has 1 aromatic heterocycles. The molecular weight excluding hydrogens is 304 g/mol. The molecule has 2 aliphatic heterocycles. The lowest BCUT2D eigenvalue weighted by molar-refractivity contribution is -0.129. The van der Waals surface area contributed by atoms with Crippen molar-refractivity contribution in [3.63, 3.8) is 0 Å². The number of rotatable bonds is 6. The first kappa shape index (κ1) is 16.9. The zero-order chi connectivity index (χ0) is 16.8. The van der Waals surface area contributed by atoms with E-state index in [4.69, 9.17) is 0 Å². The Morgan fingerprint density at radius 1 is 1.21 bits per heavy atom. The molecule has 6 heteroatoms. The quantitative estimate of drug-likeness (QED) is 0.846. The third kappa shape index (κ3) is 4.54. The van der Waals surface area contributed by atoms with Crippen LogP contribution in [0.2, 0.25) is 0 Å². The molecule has 1 N–H and O–H groups in total. The van der Waals surface area contributed by atoms with Crippen molar-refractivity contribution < 1.29 is 9.59 Å². The predicted molar refractivity (Wildman–Crippen MR) is 91.1 cm³/mol. The van der Waals surface area contributed by atoms with E-state index < -0.39 is 0 Å². The molecule has 3 heterocycles. The van der Waals surface area contributed by atoms with Crippen LogP contribution in [0.3, 0.4) is 0 Å². The van der Waals surface area contributed by atoms with Gasteiger partial charge in [0.2, 0.25) is 11.8 Å². The van der Waals surface area contributed by atoms with Gasteiger partial charge in [-0.25, -0.2) is 0 Å². The van der Waals surface area contributed by atoms with E-state index in [9.17, 15) is 9.59 Å². The van der Waals surface area contributed by atoms with Crippen molar-refractivity contribution in [1.82, 2.24) is 20.1 Å². The first-order valence-electron chi connectivity index (χ1n) is 8.89. The summed E-state index contributed by atoms with van der Waals surface area (Å²) >= 11 is 0. The molecule has 1 unspecified atom stereocenters. The molecule has 130 valence electrons. The predicted octanol–water partition coefficient (Wildman–Crippen LogP) is 1.03. The van der Waals surface area contributed by atoms with Gasteiger partial charge in [0.25, 0.3) is 0 Å². The number of hydrogen-bond acceptors (Lipinski definition) is 4. The lowest BCUT2D eigenvalue weighted by Crippen LogP contribution is -2.40. The van der Waals surface area contributed by atoms with Crippen molar-refractivity contribution in [2.45, 2.75) is 32.2 Å². The highest BCUT2D eigenvalue weighted by Crippen LogP contribution is 2.20. The maximum atomic E-state index is 12.3. The Labute approximate surface area is 143 Å². The van der Waals surface area contributed by atoms with Gasteiger partial charge in [-0.05, 0) is 43.6 Å². The molecule has 1 atom stereocenters. The highest BCUT2D eigenvalue weighted by atomic mass is 16.2. The SMILES string of the molecule is O=C(NCCN1CCCCC1)C1CC(=O)N(Cc2ccncc2)C1. The Hall–Kier alpha value is -1.95. The Morgan fingerprint density at radius 3 is 2.71 bits per heavy atom. The molecular formula is C18H26N4O2. The highest BCUT2D eigenvalue weighted by molar-refractivity contribution is 5.89. The molecule has 0 bridgehead atoms. The van der Waals surface area contributed by atoms with Crippen LogP contribution in [-0.2, 0) is 16.1 Å². The molecule has 0 aliphatic carbocycles. The van der Waals surface area contributed by atoms with Crippen molar-refractivity contribution in [2.24, 2.45) is 5.92 Å². The van der Waals surface area contributed by atoms with Gasteiger partial charge in [-0.15, -0.1) is 0 Å². The van der Waals surface area contributed by atoms with E-state index in [2.05, 4.69) is 15.2 Å². The third-order valence-electron chi connectivity index (χ3n) is 4.88. The van der Waals surface area contributed by atoms with Crippen LogP contribution in [0.5, 0.6) is 0 Å². The fourth-order valence-corrected chi connectivity index (χ4v) is 3.47. The molecule has 0 spiro atoms. The summed E-state index contributed by atoms with van der Waals surface area (Å²) in [4.78, 5) is 32.6. The van der Waals surface area contributed by atoms with Crippen molar-refractivity contribution in [2.75, 3.05) is 32.7 Å². The molecule has 0 radical (unpaired) electrons. The second-order valence-corrected chi connectivity index (χ2v) is 6.72. The molecule has 2 aliphatic rings. The molecule has 1 aromatic rings. The Morgan fingerprint density at radius 2 is 1.96 bits per heavy atom. The average Bonchev–Trinajstić information content (AvgIpc) is 2.97. The van der Waals surface area contributed by atoms with Gasteiger partial charge in [0, 0.05) is 45.0 Å². The Bertz CT molecular complexity index is 557. The summed E-state index contributed by atoms with van der Waals surface area (Å²) in [7, 11) is 0. The van der Waals surface area contributed by atoms with Crippen LogP contribution in [0.4, 0.5) is 0 Å². The monoisotopic (exact) mass is 330 g/mol. The van der Waals surface area contributed by atoms with Gasteiger partial charge < -0.3 is 15.1 Å². The number of aromatic nitrogens is 1. The number of nitrogens with zero attached hydrogens (tertiary/aromatic N) is 3. The van der Waals surface area contributed by atoms with Crippen LogP contribution in [0, 0.1) is 5.92 Å². The van der Waals surface area contributed by atoms with Gasteiger partial charge in [-0.1, -0.05) is 6.42 Å². The van der Waals surface area contributed by atoms with E-state index in [0.717, 1.165) is 25.2 Å². The number of carbonyl (C=O) groups is 2. The first-order chi connectivity index (χ1) is 11.7. The van der Waals surface area contributed by atoms with Crippen molar-refractivity contribution in [3.8, 4) is 0 Å². The normalized spacial score (nSPS) is 21.9. The fraction of sp³-hybridized carbons (Fsp3) is 0.611. The van der Waals surface area contributed by atoms with E-state index in [-0.39, 0.29) is 17.7 Å². The molecule has 24 heavy (non-hydrogen) atoms. The third-order valence-corrected chi connectivity index (χ3v) is 4.88.